The van der Waals surface area contributed by atoms with Crippen LogP contribution in [0.4, 0.5) is 0 Å². The molecular formula is C31H31N3. The number of guanidine groups is 1. The monoisotopic (exact) mass is 445 g/mol. The fourth-order valence-corrected chi connectivity index (χ4v) is 4.84. The molecule has 170 valence electrons. The molecule has 0 aliphatic carbocycles. The quantitative estimate of drug-likeness (QED) is 0.424. The zero-order valence-corrected chi connectivity index (χ0v) is 19.4. The highest BCUT2D eigenvalue weighted by Gasteiger charge is 2.35. The third kappa shape index (κ3) is 5.37. The van der Waals surface area contributed by atoms with Crippen LogP contribution in [0.5, 0.6) is 0 Å². The van der Waals surface area contributed by atoms with Crippen molar-refractivity contribution in [3.8, 4) is 0 Å². The molecule has 0 radical (unpaired) electrons. The number of hydrogen-bond donors (Lipinski definition) is 1. The van der Waals surface area contributed by atoms with Crippen LogP contribution in [0.3, 0.4) is 0 Å². The number of aliphatic imine (C=N–C) groups is 1. The van der Waals surface area contributed by atoms with E-state index in [0.29, 0.717) is 12.0 Å². The van der Waals surface area contributed by atoms with Gasteiger partial charge in [0.05, 0.1) is 12.6 Å². The highest BCUT2D eigenvalue weighted by molar-refractivity contribution is 5.84. The molecule has 0 amide bonds. The summed E-state index contributed by atoms with van der Waals surface area (Å²) in [7, 11) is 0. The van der Waals surface area contributed by atoms with Crippen molar-refractivity contribution in [3.63, 3.8) is 0 Å². The van der Waals surface area contributed by atoms with E-state index in [4.69, 9.17) is 0 Å². The minimum absolute atomic E-state index is 0.362. The number of benzene rings is 4. The van der Waals surface area contributed by atoms with Gasteiger partial charge in [-0.1, -0.05) is 121 Å². The molecule has 3 heteroatoms. The zero-order valence-electron chi connectivity index (χ0n) is 19.4. The van der Waals surface area contributed by atoms with Crippen molar-refractivity contribution in [3.05, 3.63) is 144 Å². The van der Waals surface area contributed by atoms with Crippen LogP contribution < -0.4 is 5.32 Å². The number of fused-ring (bicyclic) bond motifs is 1. The van der Waals surface area contributed by atoms with Gasteiger partial charge in [0.25, 0.3) is 0 Å². The average Bonchev–Trinajstić information content (AvgIpc) is 3.50. The van der Waals surface area contributed by atoms with Crippen LogP contribution >= 0.6 is 0 Å². The van der Waals surface area contributed by atoms with E-state index in [1.54, 1.807) is 0 Å². The maximum Gasteiger partial charge on any atom is 0.194 e. The van der Waals surface area contributed by atoms with Crippen LogP contribution in [-0.4, -0.2) is 36.5 Å². The Hall–Kier alpha value is -3.85. The normalized spacial score (nSPS) is 16.3. The number of rotatable bonds is 5. The molecule has 1 atom stereocenters. The predicted molar refractivity (Wildman–Crippen MR) is 141 cm³/mol. The summed E-state index contributed by atoms with van der Waals surface area (Å²) in [4.78, 5) is 6.91. The first-order valence-corrected chi connectivity index (χ1v) is 12.1. The van der Waals surface area contributed by atoms with Gasteiger partial charge in [0.1, 0.15) is 0 Å². The molecule has 1 unspecified atom stereocenters. The van der Waals surface area contributed by atoms with Crippen LogP contribution in [0.2, 0.25) is 0 Å². The summed E-state index contributed by atoms with van der Waals surface area (Å²) in [5.74, 6) is 1.44. The van der Waals surface area contributed by atoms with E-state index in [9.17, 15) is 0 Å². The topological polar surface area (TPSA) is 27.6 Å². The van der Waals surface area contributed by atoms with Crippen molar-refractivity contribution >= 4 is 5.96 Å². The molecule has 1 N–H and O–H groups in total. The molecule has 0 bridgehead atoms. The van der Waals surface area contributed by atoms with Crippen LogP contribution in [0.15, 0.2) is 126 Å². The Balaban J connectivity index is 0.000000159. The summed E-state index contributed by atoms with van der Waals surface area (Å²) in [6.07, 6.45) is 1.03. The van der Waals surface area contributed by atoms with Crippen LogP contribution in [0, 0.1) is 0 Å². The lowest BCUT2D eigenvalue weighted by Crippen LogP contribution is -2.33. The summed E-state index contributed by atoms with van der Waals surface area (Å²) in [5, 5.41) is 3.63. The van der Waals surface area contributed by atoms with E-state index in [-0.39, 0.29) is 0 Å². The predicted octanol–water partition coefficient (Wildman–Crippen LogP) is 5.74. The fourth-order valence-electron chi connectivity index (χ4n) is 4.84. The van der Waals surface area contributed by atoms with E-state index >= 15 is 0 Å². The van der Waals surface area contributed by atoms with Gasteiger partial charge < -0.3 is 10.2 Å². The van der Waals surface area contributed by atoms with Gasteiger partial charge >= 0.3 is 0 Å². The van der Waals surface area contributed by atoms with E-state index in [2.05, 4.69) is 137 Å². The molecule has 2 heterocycles. The lowest BCUT2D eigenvalue weighted by Gasteiger charge is -2.24. The van der Waals surface area contributed by atoms with Gasteiger partial charge in [-0.15, -0.1) is 0 Å². The second-order valence-electron chi connectivity index (χ2n) is 8.85. The van der Waals surface area contributed by atoms with Crippen LogP contribution in [-0.2, 0) is 6.42 Å². The summed E-state index contributed by atoms with van der Waals surface area (Å²) < 4.78 is 0. The van der Waals surface area contributed by atoms with Gasteiger partial charge in [-0.05, 0) is 28.7 Å². The van der Waals surface area contributed by atoms with Crippen molar-refractivity contribution < 1.29 is 0 Å². The number of nitrogens with one attached hydrogen (secondary N) is 1. The molecule has 1 saturated heterocycles. The Morgan fingerprint density at radius 2 is 1.15 bits per heavy atom. The highest BCUT2D eigenvalue weighted by Crippen LogP contribution is 2.31. The molecule has 0 aromatic heterocycles. The Labute approximate surface area is 202 Å². The molecule has 1 fully saturated rings. The van der Waals surface area contributed by atoms with Crippen molar-refractivity contribution in [2.45, 2.75) is 18.4 Å². The van der Waals surface area contributed by atoms with Crippen LogP contribution in [0.1, 0.15) is 28.2 Å². The second kappa shape index (κ2) is 10.8. The minimum atomic E-state index is 0.362. The fraction of sp³-hybridized carbons (Fsp3) is 0.194. The van der Waals surface area contributed by atoms with Crippen molar-refractivity contribution in [2.24, 2.45) is 4.99 Å². The van der Waals surface area contributed by atoms with Gasteiger partial charge in [-0.3, -0.25) is 4.99 Å². The van der Waals surface area contributed by atoms with Gasteiger partial charge in [0.2, 0.25) is 0 Å². The van der Waals surface area contributed by atoms with Crippen LogP contribution in [0.25, 0.3) is 0 Å². The Morgan fingerprint density at radius 1 is 0.676 bits per heavy atom. The maximum absolute atomic E-state index is 4.55. The van der Waals surface area contributed by atoms with Gasteiger partial charge in [-0.2, -0.15) is 0 Å². The third-order valence-electron chi connectivity index (χ3n) is 6.48. The summed E-state index contributed by atoms with van der Waals surface area (Å²) >= 11 is 0. The smallest absolute Gasteiger partial charge is 0.194 e. The molecule has 2 aliphatic heterocycles. The van der Waals surface area contributed by atoms with E-state index in [0.717, 1.165) is 32.0 Å². The van der Waals surface area contributed by atoms with Crippen molar-refractivity contribution in [1.29, 1.82) is 0 Å². The largest absolute Gasteiger partial charge is 0.351 e. The Morgan fingerprint density at radius 3 is 1.62 bits per heavy atom. The zero-order chi connectivity index (χ0) is 23.0. The molecule has 3 nitrogen and oxygen atoms in total. The van der Waals surface area contributed by atoms with E-state index in [1.165, 1.54) is 22.3 Å². The van der Waals surface area contributed by atoms with Gasteiger partial charge in [0.15, 0.2) is 5.96 Å². The van der Waals surface area contributed by atoms with Crippen molar-refractivity contribution in [2.75, 3.05) is 19.6 Å². The number of hydrogen-bond acceptors (Lipinski definition) is 3. The molecule has 4 aromatic rings. The summed E-state index contributed by atoms with van der Waals surface area (Å²) in [6, 6.07) is 43.0. The average molecular weight is 446 g/mol. The summed E-state index contributed by atoms with van der Waals surface area (Å²) in [6.45, 7) is 3.01. The standard InChI is InChI=1S/C18H19N3.C13H12/c1-3-7-14(8-4-1)17(15-9-5-2-6-10-15)16-13-21-12-11-19-18(21)20-16;1-3-7-12(8-4-1)11-13-9-5-2-6-10-13/h1-10,16-17H,11-13H2,(H,19,20);1-10H,11H2. The first kappa shape index (κ1) is 22.0. The first-order chi connectivity index (χ1) is 16.9. The molecular weight excluding hydrogens is 414 g/mol. The number of nitrogens with zero attached hydrogens (tertiary/aromatic N) is 2. The minimum Gasteiger partial charge on any atom is -0.351 e. The van der Waals surface area contributed by atoms with Gasteiger partial charge in [-0.25, -0.2) is 0 Å². The summed E-state index contributed by atoms with van der Waals surface area (Å²) in [5.41, 5.74) is 5.47. The SMILES string of the molecule is c1ccc(C(c2ccccc2)C2CN3CCN=C3N2)cc1.c1ccc(Cc2ccccc2)cc1. The first-order valence-electron chi connectivity index (χ1n) is 12.1. The molecule has 2 aliphatic rings. The second-order valence-corrected chi connectivity index (χ2v) is 8.85. The third-order valence-corrected chi connectivity index (χ3v) is 6.48. The maximum atomic E-state index is 4.55. The lowest BCUT2D eigenvalue weighted by molar-refractivity contribution is 0.439. The molecule has 6 rings (SSSR count). The van der Waals surface area contributed by atoms with E-state index in [1.807, 2.05) is 0 Å². The molecule has 0 spiro atoms. The Bertz CT molecular complexity index is 1100. The van der Waals surface area contributed by atoms with Crippen molar-refractivity contribution in [1.82, 2.24) is 10.2 Å². The lowest BCUT2D eigenvalue weighted by atomic mass is 9.85. The Kier molecular flexibility index (Phi) is 7.01. The molecule has 4 aromatic carbocycles. The highest BCUT2D eigenvalue weighted by atomic mass is 15.4. The van der Waals surface area contributed by atoms with E-state index < -0.39 is 0 Å². The molecule has 34 heavy (non-hydrogen) atoms. The van der Waals surface area contributed by atoms with Gasteiger partial charge in [0, 0.05) is 19.0 Å². The molecule has 0 saturated carbocycles.